The molecule has 0 spiro atoms. The molecular formula is C21H32N3O2S-. The van der Waals surface area contributed by atoms with E-state index in [0.29, 0.717) is 5.92 Å². The number of piperidine rings is 1. The Kier molecular flexibility index (Phi) is 6.61. The summed E-state index contributed by atoms with van der Waals surface area (Å²) in [6, 6.07) is 6.06. The zero-order chi connectivity index (χ0) is 19.4. The van der Waals surface area contributed by atoms with Crippen LogP contribution in [0, 0.1) is 0 Å². The maximum Gasteiger partial charge on any atom is 0.0941 e. The third-order valence-corrected chi connectivity index (χ3v) is 6.62. The number of unbranched alkanes of at least 4 members (excludes halogenated alkanes) is 2. The normalized spacial score (nSPS) is 18.1. The highest BCUT2D eigenvalue weighted by Gasteiger charge is 2.23. The zero-order valence-electron chi connectivity index (χ0n) is 16.7. The van der Waals surface area contributed by atoms with E-state index in [2.05, 4.69) is 34.4 Å². The van der Waals surface area contributed by atoms with E-state index >= 15 is 0 Å². The fourth-order valence-corrected chi connectivity index (χ4v) is 4.20. The van der Waals surface area contributed by atoms with Crippen LogP contribution in [0.5, 0.6) is 0 Å². The SMILES string of the molecule is CCCCCN1CCC(c2c[nH]c3ccc(NC(C)(C)S(=O)[O-])cc23)CC1. The molecule has 27 heavy (non-hydrogen) atoms. The number of anilines is 1. The second-order valence-electron chi connectivity index (χ2n) is 8.20. The lowest BCUT2D eigenvalue weighted by Crippen LogP contribution is -2.35. The minimum absolute atomic E-state index is 0.568. The second-order valence-corrected chi connectivity index (χ2v) is 9.69. The fourth-order valence-electron chi connectivity index (χ4n) is 4.00. The molecule has 1 aromatic heterocycles. The second kappa shape index (κ2) is 8.76. The number of benzene rings is 1. The highest BCUT2D eigenvalue weighted by Crippen LogP contribution is 2.34. The first-order chi connectivity index (χ1) is 12.9. The third-order valence-electron chi connectivity index (χ3n) is 5.68. The predicted octanol–water partition coefficient (Wildman–Crippen LogP) is 4.56. The van der Waals surface area contributed by atoms with E-state index in [1.165, 1.54) is 62.7 Å². The lowest BCUT2D eigenvalue weighted by Gasteiger charge is -2.32. The smallest absolute Gasteiger partial charge is 0.0941 e. The molecule has 1 aliphatic heterocycles. The van der Waals surface area contributed by atoms with E-state index in [1.54, 1.807) is 13.8 Å². The number of nitrogens with one attached hydrogen (secondary N) is 2. The largest absolute Gasteiger partial charge is 0.771 e. The number of hydrogen-bond acceptors (Lipinski definition) is 4. The average Bonchev–Trinajstić information content (AvgIpc) is 3.05. The van der Waals surface area contributed by atoms with Gasteiger partial charge >= 0.3 is 0 Å². The van der Waals surface area contributed by atoms with E-state index in [9.17, 15) is 8.76 Å². The molecular weight excluding hydrogens is 358 g/mol. The number of H-pyrrole nitrogens is 1. The van der Waals surface area contributed by atoms with Crippen LogP contribution in [0.25, 0.3) is 10.9 Å². The van der Waals surface area contributed by atoms with Gasteiger partial charge in [-0.2, -0.15) is 0 Å². The van der Waals surface area contributed by atoms with Gasteiger partial charge in [0.2, 0.25) is 0 Å². The van der Waals surface area contributed by atoms with Gasteiger partial charge in [-0.05, 0) is 93.5 Å². The molecule has 1 unspecified atom stereocenters. The van der Waals surface area contributed by atoms with Gasteiger partial charge in [0.1, 0.15) is 0 Å². The van der Waals surface area contributed by atoms with Crippen molar-refractivity contribution < 1.29 is 8.76 Å². The van der Waals surface area contributed by atoms with Crippen molar-refractivity contribution in [3.63, 3.8) is 0 Å². The molecule has 6 heteroatoms. The maximum absolute atomic E-state index is 11.4. The van der Waals surface area contributed by atoms with Crippen LogP contribution in [-0.4, -0.2) is 43.2 Å². The molecule has 1 saturated heterocycles. The van der Waals surface area contributed by atoms with Gasteiger partial charge in [0.05, 0.1) is 4.87 Å². The van der Waals surface area contributed by atoms with Gasteiger partial charge in [0.25, 0.3) is 0 Å². The standard InChI is InChI=1S/C21H33N3O2S/c1-4-5-6-11-24-12-9-16(10-13-24)19-15-22-20-8-7-17(14-18(19)20)23-21(2,3)27(25)26/h7-8,14-16,22-23H,4-6,9-13H2,1-3H3,(H,25,26)/p-1. The van der Waals surface area contributed by atoms with Crippen LogP contribution in [0.3, 0.4) is 0 Å². The summed E-state index contributed by atoms with van der Waals surface area (Å²) in [6.45, 7) is 9.16. The molecule has 1 aromatic carbocycles. The monoisotopic (exact) mass is 390 g/mol. The van der Waals surface area contributed by atoms with Crippen LogP contribution in [0.1, 0.15) is 64.4 Å². The summed E-state index contributed by atoms with van der Waals surface area (Å²) in [5.41, 5.74) is 3.32. The molecule has 2 N–H and O–H groups in total. The molecule has 2 aromatic rings. The molecule has 1 fully saturated rings. The lowest BCUT2D eigenvalue weighted by atomic mass is 9.89. The Morgan fingerprint density at radius 2 is 2.04 bits per heavy atom. The van der Waals surface area contributed by atoms with Crippen molar-refractivity contribution in [3.05, 3.63) is 30.0 Å². The Balaban J connectivity index is 1.70. The summed E-state index contributed by atoms with van der Waals surface area (Å²) in [5.74, 6) is 0.568. The van der Waals surface area contributed by atoms with Crippen molar-refractivity contribution in [3.8, 4) is 0 Å². The number of likely N-dealkylation sites (tertiary alicyclic amines) is 1. The van der Waals surface area contributed by atoms with E-state index in [0.717, 1.165) is 11.2 Å². The van der Waals surface area contributed by atoms with E-state index in [1.807, 2.05) is 12.1 Å². The number of fused-ring (bicyclic) bond motifs is 1. The summed E-state index contributed by atoms with van der Waals surface area (Å²) >= 11 is -2.19. The Morgan fingerprint density at radius 1 is 1.30 bits per heavy atom. The number of aromatic nitrogens is 1. The average molecular weight is 391 g/mol. The Labute approximate surface area is 165 Å². The summed E-state index contributed by atoms with van der Waals surface area (Å²) < 4.78 is 22.8. The first kappa shape index (κ1) is 20.4. The minimum atomic E-state index is -2.19. The van der Waals surface area contributed by atoms with Gasteiger partial charge in [-0.25, -0.2) is 0 Å². The van der Waals surface area contributed by atoms with Crippen LogP contribution in [0.2, 0.25) is 0 Å². The van der Waals surface area contributed by atoms with Gasteiger partial charge < -0.3 is 19.8 Å². The number of rotatable bonds is 8. The predicted molar refractivity (Wildman–Crippen MR) is 113 cm³/mol. The van der Waals surface area contributed by atoms with Crippen molar-refractivity contribution in [1.29, 1.82) is 0 Å². The number of aromatic amines is 1. The van der Waals surface area contributed by atoms with Crippen LogP contribution in [0.4, 0.5) is 5.69 Å². The van der Waals surface area contributed by atoms with Gasteiger partial charge in [0.15, 0.2) is 0 Å². The van der Waals surface area contributed by atoms with Gasteiger partial charge in [-0.1, -0.05) is 19.8 Å². The fraction of sp³-hybridized carbons (Fsp3) is 0.619. The van der Waals surface area contributed by atoms with E-state index in [-0.39, 0.29) is 0 Å². The number of nitrogens with zero attached hydrogens (tertiary/aromatic N) is 1. The van der Waals surface area contributed by atoms with Crippen LogP contribution in [0.15, 0.2) is 24.4 Å². The van der Waals surface area contributed by atoms with Crippen molar-refractivity contribution in [2.75, 3.05) is 25.0 Å². The lowest BCUT2D eigenvalue weighted by molar-refractivity contribution is 0.209. The summed E-state index contributed by atoms with van der Waals surface area (Å²) in [5, 5.41) is 4.34. The summed E-state index contributed by atoms with van der Waals surface area (Å²) in [4.78, 5) is 4.99. The maximum atomic E-state index is 11.4. The van der Waals surface area contributed by atoms with Gasteiger partial charge in [-0.3, -0.25) is 4.21 Å². The first-order valence-electron chi connectivity index (χ1n) is 10.1. The molecule has 0 saturated carbocycles. The van der Waals surface area contributed by atoms with Gasteiger partial charge in [0, 0.05) is 22.8 Å². The van der Waals surface area contributed by atoms with Crippen molar-refractivity contribution in [2.45, 2.75) is 63.7 Å². The zero-order valence-corrected chi connectivity index (χ0v) is 17.5. The van der Waals surface area contributed by atoms with Crippen LogP contribution >= 0.6 is 0 Å². The van der Waals surface area contributed by atoms with Crippen molar-refractivity contribution in [1.82, 2.24) is 9.88 Å². The topological polar surface area (TPSA) is 71.2 Å². The van der Waals surface area contributed by atoms with Crippen molar-refractivity contribution in [2.24, 2.45) is 0 Å². The molecule has 5 nitrogen and oxygen atoms in total. The van der Waals surface area contributed by atoms with Crippen LogP contribution < -0.4 is 5.32 Å². The molecule has 1 aliphatic rings. The molecule has 0 bridgehead atoms. The van der Waals surface area contributed by atoms with E-state index < -0.39 is 16.0 Å². The molecule has 3 rings (SSSR count). The first-order valence-corrected chi connectivity index (χ1v) is 11.2. The molecule has 0 amide bonds. The summed E-state index contributed by atoms with van der Waals surface area (Å²) in [6.07, 6.45) is 8.42. The van der Waals surface area contributed by atoms with Crippen molar-refractivity contribution >= 4 is 27.7 Å². The highest BCUT2D eigenvalue weighted by atomic mass is 32.2. The number of hydrogen-bond donors (Lipinski definition) is 2. The minimum Gasteiger partial charge on any atom is -0.771 e. The molecule has 2 heterocycles. The Hall–Kier alpha value is -1.37. The summed E-state index contributed by atoms with van der Waals surface area (Å²) in [7, 11) is 0. The Morgan fingerprint density at radius 3 is 2.70 bits per heavy atom. The third kappa shape index (κ3) is 4.92. The quantitative estimate of drug-likeness (QED) is 0.512. The highest BCUT2D eigenvalue weighted by molar-refractivity contribution is 7.80. The Bertz CT molecular complexity index is 779. The molecule has 0 radical (unpaired) electrons. The van der Waals surface area contributed by atoms with E-state index in [4.69, 9.17) is 0 Å². The molecule has 0 aliphatic carbocycles. The van der Waals surface area contributed by atoms with Gasteiger partial charge in [-0.15, -0.1) is 0 Å². The van der Waals surface area contributed by atoms with Crippen LogP contribution in [-0.2, 0) is 11.1 Å². The molecule has 150 valence electrons. The molecule has 1 atom stereocenters.